The van der Waals surface area contributed by atoms with Crippen molar-refractivity contribution in [3.63, 3.8) is 0 Å². The van der Waals surface area contributed by atoms with Crippen molar-refractivity contribution < 1.29 is 0 Å². The third kappa shape index (κ3) is 2.46. The first-order valence-electron chi connectivity index (χ1n) is 7.68. The third-order valence-corrected chi connectivity index (χ3v) is 4.88. The zero-order valence-electron chi connectivity index (χ0n) is 11.8. The Hall–Kier alpha value is -1.16. The Morgan fingerprint density at radius 3 is 2.63 bits per heavy atom. The van der Waals surface area contributed by atoms with E-state index in [1.807, 2.05) is 0 Å². The summed E-state index contributed by atoms with van der Waals surface area (Å²) in [5, 5.41) is 0. The first kappa shape index (κ1) is 12.9. The minimum Gasteiger partial charge on any atom is -0.308 e. The smallest absolute Gasteiger partial charge is 0.147 e. The zero-order chi connectivity index (χ0) is 13.2. The van der Waals surface area contributed by atoms with Gasteiger partial charge in [-0.15, -0.1) is 0 Å². The van der Waals surface area contributed by atoms with Crippen LogP contribution >= 0.6 is 0 Å². The van der Waals surface area contributed by atoms with Gasteiger partial charge in [0.2, 0.25) is 0 Å². The van der Waals surface area contributed by atoms with Crippen molar-refractivity contribution in [2.75, 3.05) is 5.43 Å². The fraction of sp³-hybridized carbons (Fsp3) is 0.733. The van der Waals surface area contributed by atoms with E-state index in [1.165, 1.54) is 49.8 Å². The Kier molecular flexibility index (Phi) is 3.69. The Balaban J connectivity index is 1.82. The average molecular weight is 260 g/mol. The molecule has 19 heavy (non-hydrogen) atoms. The van der Waals surface area contributed by atoms with Crippen LogP contribution < -0.4 is 11.3 Å². The van der Waals surface area contributed by atoms with Crippen LogP contribution in [0.4, 0.5) is 5.82 Å². The van der Waals surface area contributed by atoms with E-state index in [1.54, 1.807) is 0 Å². The zero-order valence-corrected chi connectivity index (χ0v) is 11.8. The molecule has 0 bridgehead atoms. The maximum absolute atomic E-state index is 5.62. The van der Waals surface area contributed by atoms with Gasteiger partial charge in [0.25, 0.3) is 0 Å². The molecule has 0 saturated heterocycles. The molecular formula is C15H24N4. The van der Waals surface area contributed by atoms with E-state index in [0.29, 0.717) is 5.92 Å². The highest BCUT2D eigenvalue weighted by molar-refractivity contribution is 5.48. The minimum absolute atomic E-state index is 0.542. The second kappa shape index (κ2) is 5.45. The van der Waals surface area contributed by atoms with Crippen molar-refractivity contribution in [2.24, 2.45) is 11.8 Å². The molecule has 104 valence electrons. The van der Waals surface area contributed by atoms with E-state index in [4.69, 9.17) is 15.8 Å². The molecule has 0 amide bonds. The fourth-order valence-electron chi connectivity index (χ4n) is 3.58. The van der Waals surface area contributed by atoms with Crippen LogP contribution in [0.3, 0.4) is 0 Å². The van der Waals surface area contributed by atoms with Crippen molar-refractivity contribution >= 4 is 5.82 Å². The molecule has 0 aliphatic heterocycles. The number of hydrogen-bond donors (Lipinski definition) is 2. The lowest BCUT2D eigenvalue weighted by Gasteiger charge is -2.27. The van der Waals surface area contributed by atoms with Gasteiger partial charge in [-0.2, -0.15) is 0 Å². The molecule has 0 unspecified atom stereocenters. The number of aromatic nitrogens is 2. The molecule has 1 fully saturated rings. The Bertz CT molecular complexity index is 450. The third-order valence-electron chi connectivity index (χ3n) is 4.88. The lowest BCUT2D eigenvalue weighted by molar-refractivity contribution is 0.312. The van der Waals surface area contributed by atoms with Crippen LogP contribution in [0.2, 0.25) is 0 Å². The lowest BCUT2D eigenvalue weighted by Crippen LogP contribution is -2.18. The first-order valence-corrected chi connectivity index (χ1v) is 7.68. The summed E-state index contributed by atoms with van der Waals surface area (Å²) in [5.74, 6) is 8.98. The van der Waals surface area contributed by atoms with E-state index in [0.717, 1.165) is 30.4 Å². The van der Waals surface area contributed by atoms with Crippen molar-refractivity contribution in [3.05, 3.63) is 17.1 Å². The predicted molar refractivity (Wildman–Crippen MR) is 76.9 cm³/mol. The molecule has 0 spiro atoms. The molecule has 3 N–H and O–H groups in total. The molecule has 2 aliphatic rings. The van der Waals surface area contributed by atoms with Crippen LogP contribution in [-0.4, -0.2) is 9.97 Å². The van der Waals surface area contributed by atoms with Crippen LogP contribution in [-0.2, 0) is 12.8 Å². The van der Waals surface area contributed by atoms with Gasteiger partial charge in [-0.1, -0.05) is 13.3 Å². The van der Waals surface area contributed by atoms with Gasteiger partial charge in [0.15, 0.2) is 0 Å². The highest BCUT2D eigenvalue weighted by atomic mass is 15.3. The summed E-state index contributed by atoms with van der Waals surface area (Å²) in [6.07, 6.45) is 9.78. The SMILES string of the molecule is CCC1CCC(c2nc3c(c(NN)n2)CCC3)CC1. The van der Waals surface area contributed by atoms with Crippen LogP contribution in [0.25, 0.3) is 0 Å². The van der Waals surface area contributed by atoms with Gasteiger partial charge in [-0.3, -0.25) is 0 Å². The highest BCUT2D eigenvalue weighted by Gasteiger charge is 2.26. The van der Waals surface area contributed by atoms with E-state index < -0.39 is 0 Å². The average Bonchev–Trinajstić information content (AvgIpc) is 2.94. The first-order chi connectivity index (χ1) is 9.31. The number of rotatable bonds is 3. The number of aryl methyl sites for hydroxylation is 1. The monoisotopic (exact) mass is 260 g/mol. The number of nitrogens with zero attached hydrogens (tertiary/aromatic N) is 2. The molecule has 1 aromatic heterocycles. The van der Waals surface area contributed by atoms with Gasteiger partial charge in [0.1, 0.15) is 11.6 Å². The van der Waals surface area contributed by atoms with E-state index in [9.17, 15) is 0 Å². The summed E-state index contributed by atoms with van der Waals surface area (Å²) in [4.78, 5) is 9.52. The van der Waals surface area contributed by atoms with Crippen molar-refractivity contribution in [2.45, 2.75) is 64.2 Å². The number of nitrogens with one attached hydrogen (secondary N) is 1. The van der Waals surface area contributed by atoms with Gasteiger partial charge >= 0.3 is 0 Å². The molecule has 1 heterocycles. The number of nitrogen functional groups attached to an aromatic ring is 1. The summed E-state index contributed by atoms with van der Waals surface area (Å²) in [7, 11) is 0. The standard InChI is InChI=1S/C15H24N4/c1-2-10-6-8-11(9-7-10)14-17-13-5-3-4-12(13)15(18-14)19-16/h10-11H,2-9,16H2,1H3,(H,17,18,19). The normalized spacial score (nSPS) is 26.2. The molecular weight excluding hydrogens is 236 g/mol. The largest absolute Gasteiger partial charge is 0.308 e. The Morgan fingerprint density at radius 2 is 1.95 bits per heavy atom. The number of hydrogen-bond acceptors (Lipinski definition) is 4. The van der Waals surface area contributed by atoms with E-state index in [-0.39, 0.29) is 0 Å². The number of nitrogens with two attached hydrogens (primary N) is 1. The van der Waals surface area contributed by atoms with Crippen molar-refractivity contribution in [1.82, 2.24) is 9.97 Å². The summed E-state index contributed by atoms with van der Waals surface area (Å²) >= 11 is 0. The quantitative estimate of drug-likeness (QED) is 0.648. The van der Waals surface area contributed by atoms with Gasteiger partial charge in [0, 0.05) is 17.2 Å². The fourth-order valence-corrected chi connectivity index (χ4v) is 3.58. The topological polar surface area (TPSA) is 63.8 Å². The highest BCUT2D eigenvalue weighted by Crippen LogP contribution is 2.37. The van der Waals surface area contributed by atoms with E-state index in [2.05, 4.69) is 12.3 Å². The molecule has 4 nitrogen and oxygen atoms in total. The molecule has 0 aromatic carbocycles. The summed E-state index contributed by atoms with van der Waals surface area (Å²) in [5.41, 5.74) is 5.25. The second-order valence-electron chi connectivity index (χ2n) is 5.98. The molecule has 0 atom stereocenters. The number of hydrazine groups is 1. The van der Waals surface area contributed by atoms with Crippen LogP contribution in [0, 0.1) is 5.92 Å². The summed E-state index contributed by atoms with van der Waals surface area (Å²) < 4.78 is 0. The summed E-state index contributed by atoms with van der Waals surface area (Å²) in [6, 6.07) is 0. The summed E-state index contributed by atoms with van der Waals surface area (Å²) in [6.45, 7) is 2.30. The minimum atomic E-state index is 0.542. The molecule has 2 aliphatic carbocycles. The van der Waals surface area contributed by atoms with Crippen LogP contribution in [0.1, 0.15) is 68.4 Å². The Labute approximate surface area is 115 Å². The maximum atomic E-state index is 5.62. The number of fused-ring (bicyclic) bond motifs is 1. The second-order valence-corrected chi connectivity index (χ2v) is 5.98. The van der Waals surface area contributed by atoms with Gasteiger partial charge in [-0.25, -0.2) is 15.8 Å². The Morgan fingerprint density at radius 1 is 1.16 bits per heavy atom. The van der Waals surface area contributed by atoms with Crippen LogP contribution in [0.5, 0.6) is 0 Å². The van der Waals surface area contributed by atoms with Crippen LogP contribution in [0.15, 0.2) is 0 Å². The van der Waals surface area contributed by atoms with Gasteiger partial charge < -0.3 is 5.43 Å². The molecule has 1 saturated carbocycles. The van der Waals surface area contributed by atoms with Crippen molar-refractivity contribution in [3.8, 4) is 0 Å². The van der Waals surface area contributed by atoms with Gasteiger partial charge in [0.05, 0.1) is 0 Å². The lowest BCUT2D eigenvalue weighted by atomic mass is 9.80. The number of anilines is 1. The molecule has 4 heteroatoms. The molecule has 1 aromatic rings. The molecule has 0 radical (unpaired) electrons. The predicted octanol–water partition coefficient (Wildman–Crippen LogP) is 2.93. The van der Waals surface area contributed by atoms with Gasteiger partial charge in [-0.05, 0) is 50.9 Å². The molecule has 3 rings (SSSR count). The maximum Gasteiger partial charge on any atom is 0.147 e. The van der Waals surface area contributed by atoms with E-state index >= 15 is 0 Å². The van der Waals surface area contributed by atoms with Crippen molar-refractivity contribution in [1.29, 1.82) is 0 Å².